The second kappa shape index (κ2) is 4.17. The Kier molecular flexibility index (Phi) is 2.70. The molecule has 0 aliphatic heterocycles. The molecule has 1 aromatic heterocycles. The maximum atomic E-state index is 11.7. The molecule has 0 saturated heterocycles. The van der Waals surface area contributed by atoms with Crippen LogP contribution >= 0.6 is 0 Å². The fraction of sp³-hybridized carbons (Fsp3) is 0.0909. The third kappa shape index (κ3) is 2.05. The SMILES string of the molecule is CNC(N)=NC(=O)c1cc2c(N)cccc2[nH]1. The first-order valence-electron chi connectivity index (χ1n) is 5.05. The number of guanidine groups is 1. The van der Waals surface area contributed by atoms with Crippen LogP contribution in [0.2, 0.25) is 0 Å². The van der Waals surface area contributed by atoms with Crippen LogP contribution in [-0.2, 0) is 0 Å². The van der Waals surface area contributed by atoms with E-state index in [0.29, 0.717) is 11.4 Å². The van der Waals surface area contributed by atoms with Crippen molar-refractivity contribution in [3.8, 4) is 0 Å². The van der Waals surface area contributed by atoms with Crippen LogP contribution in [0.15, 0.2) is 29.3 Å². The summed E-state index contributed by atoms with van der Waals surface area (Å²) in [6.07, 6.45) is 0. The predicted octanol–water partition coefficient (Wildman–Crippen LogP) is 0.424. The van der Waals surface area contributed by atoms with E-state index in [1.54, 1.807) is 19.2 Å². The Morgan fingerprint density at radius 2 is 2.24 bits per heavy atom. The Hall–Kier alpha value is -2.50. The number of nitrogens with one attached hydrogen (secondary N) is 2. The van der Waals surface area contributed by atoms with E-state index >= 15 is 0 Å². The monoisotopic (exact) mass is 231 g/mol. The van der Waals surface area contributed by atoms with Gasteiger partial charge in [-0.05, 0) is 18.2 Å². The highest BCUT2D eigenvalue weighted by Crippen LogP contribution is 2.21. The smallest absolute Gasteiger partial charge is 0.296 e. The van der Waals surface area contributed by atoms with Gasteiger partial charge < -0.3 is 21.8 Å². The van der Waals surface area contributed by atoms with E-state index in [4.69, 9.17) is 11.5 Å². The first kappa shape index (κ1) is 11.0. The number of benzene rings is 1. The zero-order valence-corrected chi connectivity index (χ0v) is 9.32. The minimum atomic E-state index is -0.438. The summed E-state index contributed by atoms with van der Waals surface area (Å²) < 4.78 is 0. The van der Waals surface area contributed by atoms with Gasteiger partial charge in [-0.25, -0.2) is 0 Å². The molecular formula is C11H13N5O. The van der Waals surface area contributed by atoms with Crippen molar-refractivity contribution in [1.82, 2.24) is 10.3 Å². The molecule has 6 nitrogen and oxygen atoms in total. The molecule has 0 spiro atoms. The van der Waals surface area contributed by atoms with E-state index in [0.717, 1.165) is 10.9 Å². The molecule has 2 aromatic rings. The Balaban J connectivity index is 2.44. The van der Waals surface area contributed by atoms with E-state index in [2.05, 4.69) is 15.3 Å². The van der Waals surface area contributed by atoms with Crippen LogP contribution < -0.4 is 16.8 Å². The standard InChI is InChI=1S/C11H13N5O/c1-14-11(13)16-10(17)9-5-6-7(12)3-2-4-8(6)15-9/h2-5,15H,12H2,1H3,(H3,13,14,16,17). The van der Waals surface area contributed by atoms with Crippen molar-refractivity contribution in [2.75, 3.05) is 12.8 Å². The van der Waals surface area contributed by atoms with Crippen molar-refractivity contribution in [3.63, 3.8) is 0 Å². The van der Waals surface area contributed by atoms with Gasteiger partial charge in [-0.15, -0.1) is 0 Å². The van der Waals surface area contributed by atoms with Gasteiger partial charge in [-0.2, -0.15) is 4.99 Å². The van der Waals surface area contributed by atoms with Crippen molar-refractivity contribution in [2.24, 2.45) is 10.7 Å². The number of aliphatic imine (C=N–C) groups is 1. The quantitative estimate of drug-likeness (QED) is 0.324. The van der Waals surface area contributed by atoms with Crippen molar-refractivity contribution in [1.29, 1.82) is 0 Å². The number of amides is 1. The van der Waals surface area contributed by atoms with Crippen molar-refractivity contribution >= 4 is 28.5 Å². The topological polar surface area (TPSA) is 109 Å². The van der Waals surface area contributed by atoms with Crippen molar-refractivity contribution in [3.05, 3.63) is 30.0 Å². The fourth-order valence-electron chi connectivity index (χ4n) is 1.52. The average Bonchev–Trinajstić information content (AvgIpc) is 2.74. The molecule has 6 heteroatoms. The molecule has 1 heterocycles. The summed E-state index contributed by atoms with van der Waals surface area (Å²) in [5.74, 6) is -0.367. The number of H-pyrrole nitrogens is 1. The van der Waals surface area contributed by atoms with Crippen LogP contribution in [0.25, 0.3) is 10.9 Å². The van der Waals surface area contributed by atoms with Gasteiger partial charge in [0.05, 0.1) is 0 Å². The zero-order chi connectivity index (χ0) is 12.4. The molecule has 17 heavy (non-hydrogen) atoms. The number of hydrogen-bond acceptors (Lipinski definition) is 2. The third-order valence-electron chi connectivity index (χ3n) is 2.41. The summed E-state index contributed by atoms with van der Waals surface area (Å²) in [4.78, 5) is 18.3. The number of carbonyl (C=O) groups excluding carboxylic acids is 1. The van der Waals surface area contributed by atoms with Crippen LogP contribution in [-0.4, -0.2) is 23.9 Å². The first-order chi connectivity index (χ1) is 8.11. The minimum Gasteiger partial charge on any atom is -0.398 e. The highest BCUT2D eigenvalue weighted by molar-refractivity contribution is 6.05. The fourth-order valence-corrected chi connectivity index (χ4v) is 1.52. The molecule has 1 aromatic carbocycles. The van der Waals surface area contributed by atoms with Crippen LogP contribution in [0.5, 0.6) is 0 Å². The Morgan fingerprint density at radius 1 is 1.47 bits per heavy atom. The molecule has 0 unspecified atom stereocenters. The van der Waals surface area contributed by atoms with Crippen LogP contribution in [0, 0.1) is 0 Å². The predicted molar refractivity (Wildman–Crippen MR) is 67.7 cm³/mol. The molecule has 0 aliphatic carbocycles. The van der Waals surface area contributed by atoms with E-state index in [1.165, 1.54) is 0 Å². The Labute approximate surface area is 97.7 Å². The van der Waals surface area contributed by atoms with Gasteiger partial charge in [0.2, 0.25) is 0 Å². The molecule has 2 rings (SSSR count). The van der Waals surface area contributed by atoms with E-state index in [9.17, 15) is 4.79 Å². The van der Waals surface area contributed by atoms with E-state index < -0.39 is 5.91 Å². The third-order valence-corrected chi connectivity index (χ3v) is 2.41. The molecule has 88 valence electrons. The Bertz CT molecular complexity index is 599. The lowest BCUT2D eigenvalue weighted by Gasteiger charge is -1.95. The molecule has 0 atom stereocenters. The van der Waals surface area contributed by atoms with Crippen LogP contribution in [0.3, 0.4) is 0 Å². The number of aromatic amines is 1. The summed E-state index contributed by atoms with van der Waals surface area (Å²) in [7, 11) is 1.59. The number of fused-ring (bicyclic) bond motifs is 1. The lowest BCUT2D eigenvalue weighted by Crippen LogP contribution is -2.28. The van der Waals surface area contributed by atoms with Gasteiger partial charge in [-0.3, -0.25) is 4.79 Å². The van der Waals surface area contributed by atoms with Gasteiger partial charge in [0.25, 0.3) is 5.91 Å². The lowest BCUT2D eigenvalue weighted by atomic mass is 10.2. The molecule has 1 amide bonds. The van der Waals surface area contributed by atoms with E-state index in [1.807, 2.05) is 12.1 Å². The zero-order valence-electron chi connectivity index (χ0n) is 9.32. The normalized spacial score (nSPS) is 11.7. The first-order valence-corrected chi connectivity index (χ1v) is 5.05. The van der Waals surface area contributed by atoms with Crippen LogP contribution in [0.1, 0.15) is 10.5 Å². The van der Waals surface area contributed by atoms with Crippen LogP contribution in [0.4, 0.5) is 5.69 Å². The highest BCUT2D eigenvalue weighted by Gasteiger charge is 2.10. The molecule has 0 saturated carbocycles. The number of aromatic nitrogens is 1. The van der Waals surface area contributed by atoms with Gasteiger partial charge in [0.1, 0.15) is 5.69 Å². The highest BCUT2D eigenvalue weighted by atomic mass is 16.1. The van der Waals surface area contributed by atoms with Crippen molar-refractivity contribution in [2.45, 2.75) is 0 Å². The average molecular weight is 231 g/mol. The largest absolute Gasteiger partial charge is 0.398 e. The number of carbonyl (C=O) groups is 1. The summed E-state index contributed by atoms with van der Waals surface area (Å²) >= 11 is 0. The molecular weight excluding hydrogens is 218 g/mol. The summed E-state index contributed by atoms with van der Waals surface area (Å²) in [5.41, 5.74) is 13.0. The van der Waals surface area contributed by atoms with Gasteiger partial charge in [0, 0.05) is 23.6 Å². The summed E-state index contributed by atoms with van der Waals surface area (Å²) in [6.45, 7) is 0. The Morgan fingerprint density at radius 3 is 2.88 bits per heavy atom. The summed E-state index contributed by atoms with van der Waals surface area (Å²) in [5, 5.41) is 3.38. The molecule has 0 aliphatic rings. The molecule has 6 N–H and O–H groups in total. The number of rotatable bonds is 1. The maximum Gasteiger partial charge on any atom is 0.296 e. The van der Waals surface area contributed by atoms with E-state index in [-0.39, 0.29) is 5.96 Å². The number of anilines is 1. The number of nitrogen functional groups attached to an aromatic ring is 1. The van der Waals surface area contributed by atoms with Gasteiger partial charge >= 0.3 is 0 Å². The second-order valence-electron chi connectivity index (χ2n) is 3.54. The number of nitrogens with two attached hydrogens (primary N) is 2. The maximum absolute atomic E-state index is 11.7. The second-order valence-corrected chi connectivity index (χ2v) is 3.54. The van der Waals surface area contributed by atoms with Gasteiger partial charge in [0.15, 0.2) is 5.96 Å². The minimum absolute atomic E-state index is 0.0710. The lowest BCUT2D eigenvalue weighted by molar-refractivity contribution is 0.0998. The number of hydrogen-bond donors (Lipinski definition) is 4. The van der Waals surface area contributed by atoms with Gasteiger partial charge in [-0.1, -0.05) is 6.07 Å². The summed E-state index contributed by atoms with van der Waals surface area (Å²) in [6, 6.07) is 7.09. The number of nitrogens with zero attached hydrogens (tertiary/aromatic N) is 1. The molecule has 0 bridgehead atoms. The molecule has 0 fully saturated rings. The van der Waals surface area contributed by atoms with Crippen molar-refractivity contribution < 1.29 is 4.79 Å². The molecule has 0 radical (unpaired) electrons.